The number of rotatable bonds is 3. The molecule has 0 aliphatic heterocycles. The fraction of sp³-hybridized carbons (Fsp3) is 0.214. The van der Waals surface area contributed by atoms with Crippen LogP contribution in [0.15, 0.2) is 34.7 Å². The Bertz CT molecular complexity index is 562. The minimum Gasteiger partial charge on any atom is -0.475 e. The van der Waals surface area contributed by atoms with Crippen molar-refractivity contribution < 1.29 is 14.3 Å². The molecule has 0 aliphatic carbocycles. The van der Waals surface area contributed by atoms with Crippen molar-refractivity contribution in [2.45, 2.75) is 20.3 Å². The molecule has 0 saturated heterocycles. The van der Waals surface area contributed by atoms with Crippen molar-refractivity contribution in [2.75, 3.05) is 0 Å². The minimum absolute atomic E-state index is 0.0786. The van der Waals surface area contributed by atoms with Gasteiger partial charge in [-0.05, 0) is 29.8 Å². The Labute approximate surface area is 121 Å². The minimum atomic E-state index is -1.08. The third-order valence-corrected chi connectivity index (χ3v) is 2.84. The van der Waals surface area contributed by atoms with Gasteiger partial charge in [0.15, 0.2) is 0 Å². The topological polar surface area (TPSA) is 50.4 Å². The first-order valence-corrected chi connectivity index (χ1v) is 6.58. The van der Waals surface area contributed by atoms with E-state index < -0.39 is 5.97 Å². The van der Waals surface area contributed by atoms with Crippen LogP contribution in [0.3, 0.4) is 0 Å². The highest BCUT2D eigenvalue weighted by Crippen LogP contribution is 2.24. The van der Waals surface area contributed by atoms with Gasteiger partial charge in [0.2, 0.25) is 5.76 Å². The van der Waals surface area contributed by atoms with Crippen molar-refractivity contribution in [1.82, 2.24) is 0 Å². The summed E-state index contributed by atoms with van der Waals surface area (Å²) < 4.78 is 5.14. The van der Waals surface area contributed by atoms with E-state index in [1.807, 2.05) is 13.8 Å². The molecule has 0 amide bonds. The smallest absolute Gasteiger partial charge is 0.371 e. The summed E-state index contributed by atoms with van der Waals surface area (Å²) in [5.74, 6) is -0.616. The molecule has 1 aromatic heterocycles. The van der Waals surface area contributed by atoms with Crippen LogP contribution < -0.4 is 0 Å². The van der Waals surface area contributed by atoms with E-state index in [9.17, 15) is 4.79 Å². The third-order valence-electron chi connectivity index (χ3n) is 2.25. The normalized spacial score (nSPS) is 9.68. The zero-order valence-electron chi connectivity index (χ0n) is 10.6. The molecule has 1 N–H and O–H groups in total. The van der Waals surface area contributed by atoms with Gasteiger partial charge < -0.3 is 9.52 Å². The molecule has 19 heavy (non-hydrogen) atoms. The summed E-state index contributed by atoms with van der Waals surface area (Å²) in [6.45, 7) is 4.00. The van der Waals surface area contributed by atoms with Gasteiger partial charge in [0.1, 0.15) is 5.76 Å². The summed E-state index contributed by atoms with van der Waals surface area (Å²) in [6.07, 6.45) is 0.434. The van der Waals surface area contributed by atoms with E-state index in [-0.39, 0.29) is 5.76 Å². The molecular formula is C14H14Cl2O3. The summed E-state index contributed by atoms with van der Waals surface area (Å²) in [4.78, 5) is 10.6. The van der Waals surface area contributed by atoms with E-state index in [0.717, 1.165) is 5.56 Å². The van der Waals surface area contributed by atoms with Crippen molar-refractivity contribution in [3.63, 3.8) is 0 Å². The Balaban J connectivity index is 0.000000861. The molecule has 1 aromatic carbocycles. The molecule has 0 fully saturated rings. The average molecular weight is 301 g/mol. The summed E-state index contributed by atoms with van der Waals surface area (Å²) >= 11 is 11.8. The predicted molar refractivity (Wildman–Crippen MR) is 76.3 cm³/mol. The zero-order valence-corrected chi connectivity index (χ0v) is 12.1. The lowest BCUT2D eigenvalue weighted by atomic mass is 10.1. The number of carboxylic acids is 1. The van der Waals surface area contributed by atoms with Gasteiger partial charge in [-0.15, -0.1) is 0 Å². The molecule has 0 spiro atoms. The molecule has 102 valence electrons. The van der Waals surface area contributed by atoms with E-state index in [1.165, 1.54) is 6.07 Å². The number of carboxylic acid groups (broad SMARTS) is 1. The van der Waals surface area contributed by atoms with Crippen LogP contribution in [0.4, 0.5) is 0 Å². The highest BCUT2D eigenvalue weighted by Gasteiger charge is 2.10. The van der Waals surface area contributed by atoms with E-state index in [1.54, 1.807) is 24.3 Å². The molecule has 0 atom stereocenters. The molecule has 0 saturated carbocycles. The van der Waals surface area contributed by atoms with Crippen molar-refractivity contribution in [2.24, 2.45) is 0 Å². The van der Waals surface area contributed by atoms with Gasteiger partial charge >= 0.3 is 5.97 Å². The first kappa shape index (κ1) is 15.6. The molecular weight excluding hydrogens is 287 g/mol. The lowest BCUT2D eigenvalue weighted by Gasteiger charge is -2.02. The Kier molecular flexibility index (Phi) is 5.93. The monoisotopic (exact) mass is 300 g/mol. The van der Waals surface area contributed by atoms with Gasteiger partial charge in [-0.1, -0.05) is 43.1 Å². The molecule has 0 unspecified atom stereocenters. The molecule has 3 nitrogen and oxygen atoms in total. The number of hydrogen-bond acceptors (Lipinski definition) is 2. The Morgan fingerprint density at radius 2 is 1.89 bits per heavy atom. The fourth-order valence-electron chi connectivity index (χ4n) is 1.44. The van der Waals surface area contributed by atoms with Crippen molar-refractivity contribution in [1.29, 1.82) is 0 Å². The summed E-state index contributed by atoms with van der Waals surface area (Å²) in [6, 6.07) is 8.19. The second-order valence-electron chi connectivity index (χ2n) is 3.48. The van der Waals surface area contributed by atoms with Gasteiger partial charge in [-0.25, -0.2) is 4.79 Å². The van der Waals surface area contributed by atoms with Crippen LogP contribution in [0.2, 0.25) is 10.0 Å². The van der Waals surface area contributed by atoms with Crippen LogP contribution in [0.5, 0.6) is 0 Å². The van der Waals surface area contributed by atoms with Crippen LogP contribution in [0.25, 0.3) is 0 Å². The van der Waals surface area contributed by atoms with Gasteiger partial charge in [0, 0.05) is 16.5 Å². The third kappa shape index (κ3) is 4.30. The Hall–Kier alpha value is -1.45. The summed E-state index contributed by atoms with van der Waals surface area (Å²) in [5.41, 5.74) is 0.836. The SMILES string of the molecule is CC.O=C(O)c1ccc(Cc2ccc(Cl)cc2Cl)o1. The maximum Gasteiger partial charge on any atom is 0.371 e. The number of aromatic carboxylic acids is 1. The summed E-state index contributed by atoms with van der Waals surface area (Å²) in [7, 11) is 0. The van der Waals surface area contributed by atoms with Crippen LogP contribution >= 0.6 is 23.2 Å². The lowest BCUT2D eigenvalue weighted by Crippen LogP contribution is -1.92. The molecule has 0 aliphatic rings. The van der Waals surface area contributed by atoms with Gasteiger partial charge in [-0.2, -0.15) is 0 Å². The van der Waals surface area contributed by atoms with Crippen LogP contribution in [0.1, 0.15) is 35.7 Å². The second-order valence-corrected chi connectivity index (χ2v) is 4.33. The second kappa shape index (κ2) is 7.22. The predicted octanol–water partition coefficient (Wildman–Crippen LogP) is 4.90. The van der Waals surface area contributed by atoms with Gasteiger partial charge in [0.05, 0.1) is 0 Å². The Morgan fingerprint density at radius 1 is 1.21 bits per heavy atom. The van der Waals surface area contributed by atoms with Crippen LogP contribution in [-0.2, 0) is 6.42 Å². The van der Waals surface area contributed by atoms with Crippen molar-refractivity contribution in [3.8, 4) is 0 Å². The van der Waals surface area contributed by atoms with Gasteiger partial charge in [-0.3, -0.25) is 0 Å². The molecule has 0 bridgehead atoms. The zero-order chi connectivity index (χ0) is 14.4. The molecule has 1 heterocycles. The summed E-state index contributed by atoms with van der Waals surface area (Å²) in [5, 5.41) is 9.81. The number of halogens is 2. The van der Waals surface area contributed by atoms with Crippen molar-refractivity contribution >= 4 is 29.2 Å². The van der Waals surface area contributed by atoms with Crippen LogP contribution in [0, 0.1) is 0 Å². The van der Waals surface area contributed by atoms with E-state index in [0.29, 0.717) is 22.2 Å². The quantitative estimate of drug-likeness (QED) is 0.877. The van der Waals surface area contributed by atoms with E-state index in [4.69, 9.17) is 32.7 Å². The largest absolute Gasteiger partial charge is 0.475 e. The molecule has 5 heteroatoms. The highest BCUT2D eigenvalue weighted by atomic mass is 35.5. The molecule has 2 rings (SSSR count). The maximum atomic E-state index is 10.6. The van der Waals surface area contributed by atoms with Gasteiger partial charge in [0.25, 0.3) is 0 Å². The number of furan rings is 1. The number of hydrogen-bond donors (Lipinski definition) is 1. The standard InChI is InChI=1S/C12H8Cl2O3.C2H6/c13-8-2-1-7(10(14)6-8)5-9-3-4-11(17-9)12(15)16;1-2/h1-4,6H,5H2,(H,15,16);1-2H3. The first-order valence-electron chi connectivity index (χ1n) is 5.82. The average Bonchev–Trinajstić information content (AvgIpc) is 2.84. The first-order chi connectivity index (χ1) is 9.06. The molecule has 0 radical (unpaired) electrons. The van der Waals surface area contributed by atoms with E-state index in [2.05, 4.69) is 0 Å². The lowest BCUT2D eigenvalue weighted by molar-refractivity contribution is 0.0660. The van der Waals surface area contributed by atoms with Crippen LogP contribution in [-0.4, -0.2) is 11.1 Å². The maximum absolute atomic E-state index is 10.6. The highest BCUT2D eigenvalue weighted by molar-refractivity contribution is 6.35. The number of benzene rings is 1. The Morgan fingerprint density at radius 3 is 2.42 bits per heavy atom. The number of carbonyl (C=O) groups is 1. The van der Waals surface area contributed by atoms with Crippen molar-refractivity contribution in [3.05, 3.63) is 57.5 Å². The van der Waals surface area contributed by atoms with E-state index >= 15 is 0 Å². The molecule has 2 aromatic rings. The fourth-order valence-corrected chi connectivity index (χ4v) is 1.92.